The van der Waals surface area contributed by atoms with Gasteiger partial charge in [0.05, 0.1) is 41.0 Å². The number of nitrogens with zero attached hydrogens (tertiary/aromatic N) is 1. The van der Waals surface area contributed by atoms with E-state index in [1.54, 1.807) is 0 Å². The van der Waals surface area contributed by atoms with Gasteiger partial charge in [0.25, 0.3) is 0 Å². The van der Waals surface area contributed by atoms with Gasteiger partial charge in [-0.1, -0.05) is 181 Å². The van der Waals surface area contributed by atoms with Crippen molar-refractivity contribution < 1.29 is 37.9 Å². The molecular formula is C40H87NO7P+. The van der Waals surface area contributed by atoms with Crippen molar-refractivity contribution in [2.24, 2.45) is 0 Å². The van der Waals surface area contributed by atoms with Crippen molar-refractivity contribution in [2.75, 3.05) is 60.7 Å². The Kier molecular flexibility index (Phi) is 40.8. The van der Waals surface area contributed by atoms with E-state index in [0.29, 0.717) is 19.8 Å². The molecule has 9 heteroatoms. The average molecular weight is 725 g/mol. The third-order valence-corrected chi connectivity index (χ3v) is 9.48. The molecule has 49 heavy (non-hydrogen) atoms. The lowest BCUT2D eigenvalue weighted by atomic mass is 10.0. The zero-order valence-corrected chi connectivity index (χ0v) is 34.4. The van der Waals surface area contributed by atoms with Crippen LogP contribution in [0.1, 0.15) is 194 Å². The molecule has 0 aromatic heterocycles. The number of phosphoric acid groups is 1. The second-order valence-corrected chi connectivity index (χ2v) is 16.5. The van der Waals surface area contributed by atoms with Crippen LogP contribution in [0.2, 0.25) is 0 Å². The first kappa shape index (κ1) is 51.1. The summed E-state index contributed by atoms with van der Waals surface area (Å²) in [6, 6.07) is 0. The van der Waals surface area contributed by atoms with E-state index in [4.69, 9.17) is 28.9 Å². The minimum atomic E-state index is -4.51. The van der Waals surface area contributed by atoms with Crippen LogP contribution in [0.15, 0.2) is 0 Å². The molecule has 1 atom stereocenters. The molecule has 0 saturated heterocycles. The minimum absolute atomic E-state index is 0.137. The smallest absolute Gasteiger partial charge is 0.391 e. The molecule has 0 saturated carbocycles. The van der Waals surface area contributed by atoms with Crippen molar-refractivity contribution in [3.63, 3.8) is 0 Å². The predicted octanol–water partition coefficient (Wildman–Crippen LogP) is 11.1. The van der Waals surface area contributed by atoms with Crippen LogP contribution in [0.5, 0.6) is 0 Å². The van der Waals surface area contributed by atoms with E-state index >= 15 is 0 Å². The molecule has 0 radical (unpaired) electrons. The highest BCUT2D eigenvalue weighted by Gasteiger charge is 2.19. The molecule has 0 heterocycles. The minimum Gasteiger partial charge on any atom is -0.391 e. The highest BCUT2D eigenvalue weighted by Crippen LogP contribution is 2.35. The van der Waals surface area contributed by atoms with Gasteiger partial charge in [0, 0.05) is 13.2 Å². The molecule has 0 fully saturated rings. The second kappa shape index (κ2) is 39.2. The molecule has 0 spiro atoms. The fourth-order valence-electron chi connectivity index (χ4n) is 5.78. The molecule has 0 bridgehead atoms. The van der Waals surface area contributed by atoms with Gasteiger partial charge in [-0.3, -0.25) is 4.52 Å². The van der Waals surface area contributed by atoms with Gasteiger partial charge in [0.15, 0.2) is 0 Å². The first-order valence-electron chi connectivity index (χ1n) is 20.9. The third-order valence-electron chi connectivity index (χ3n) is 9.00. The van der Waals surface area contributed by atoms with E-state index in [-0.39, 0.29) is 13.2 Å². The Balaban J connectivity index is 0. The summed E-state index contributed by atoms with van der Waals surface area (Å²) in [5.74, 6) is 0. The molecule has 0 aromatic rings. The van der Waals surface area contributed by atoms with Crippen LogP contribution in [-0.4, -0.2) is 86.2 Å². The van der Waals surface area contributed by atoms with E-state index in [9.17, 15) is 4.57 Å². The van der Waals surface area contributed by atoms with Crippen LogP contribution in [-0.2, 0) is 18.6 Å². The Labute approximate surface area is 305 Å². The summed E-state index contributed by atoms with van der Waals surface area (Å²) in [5, 5.41) is 8.39. The van der Waals surface area contributed by atoms with Crippen LogP contribution in [0.3, 0.4) is 0 Å². The lowest BCUT2D eigenvalue weighted by molar-refractivity contribution is -0.870. The largest absolute Gasteiger partial charge is 0.469 e. The van der Waals surface area contributed by atoms with Gasteiger partial charge in [-0.15, -0.1) is 0 Å². The maximum absolute atomic E-state index is 11.1. The van der Waals surface area contributed by atoms with Crippen molar-refractivity contribution in [3.8, 4) is 0 Å². The number of phosphoric ester groups is 1. The van der Waals surface area contributed by atoms with Gasteiger partial charge in [-0.25, -0.2) is 4.57 Å². The van der Waals surface area contributed by atoms with Crippen LogP contribution < -0.4 is 0 Å². The third kappa shape index (κ3) is 50.1. The Morgan fingerprint density at radius 3 is 1.12 bits per heavy atom. The maximum atomic E-state index is 11.1. The molecule has 0 aromatic carbocycles. The number of hydrogen-bond acceptors (Lipinski definition) is 5. The number of likely N-dealkylation sites (N-methyl/N-ethyl adjacent to an activating group) is 1. The second-order valence-electron chi connectivity index (χ2n) is 15.3. The highest BCUT2D eigenvalue weighted by molar-refractivity contribution is 7.46. The Bertz CT molecular complexity index is 672. The molecule has 3 N–H and O–H groups in total. The van der Waals surface area contributed by atoms with Crippen molar-refractivity contribution in [1.29, 1.82) is 0 Å². The summed E-state index contributed by atoms with van der Waals surface area (Å²) in [4.78, 5) is 18.2. The Morgan fingerprint density at radius 2 is 0.837 bits per heavy atom. The maximum Gasteiger partial charge on any atom is 0.469 e. The van der Waals surface area contributed by atoms with E-state index in [1.807, 2.05) is 0 Å². The SMILES string of the molecule is CCCCCCCCCCCCCCCCOC[C@H](COP(=O)(O)O)OCCCCCCCCCCCCCCCC.C[N+](C)(C)CCO. The fraction of sp³-hybridized carbons (Fsp3) is 1.00. The van der Waals surface area contributed by atoms with Crippen molar-refractivity contribution >= 4 is 7.82 Å². The number of aliphatic hydroxyl groups excluding tert-OH is 1. The van der Waals surface area contributed by atoms with Gasteiger partial charge < -0.3 is 28.9 Å². The molecule has 0 unspecified atom stereocenters. The molecule has 0 aliphatic rings. The monoisotopic (exact) mass is 725 g/mol. The molecule has 298 valence electrons. The van der Waals surface area contributed by atoms with E-state index < -0.39 is 13.9 Å². The number of rotatable bonds is 38. The zero-order chi connectivity index (χ0) is 36.7. The molecule has 0 aliphatic heterocycles. The van der Waals surface area contributed by atoms with Gasteiger partial charge in [-0.2, -0.15) is 0 Å². The molecule has 0 rings (SSSR count). The highest BCUT2D eigenvalue weighted by atomic mass is 31.2. The van der Waals surface area contributed by atoms with Gasteiger partial charge in [0.2, 0.25) is 0 Å². The lowest BCUT2D eigenvalue weighted by Gasteiger charge is -2.21. The van der Waals surface area contributed by atoms with Gasteiger partial charge >= 0.3 is 7.82 Å². The fourth-order valence-corrected chi connectivity index (χ4v) is 6.15. The van der Waals surface area contributed by atoms with Crippen molar-refractivity contribution in [3.05, 3.63) is 0 Å². The summed E-state index contributed by atoms with van der Waals surface area (Å²) < 4.78 is 28.4. The zero-order valence-electron chi connectivity index (χ0n) is 33.5. The summed E-state index contributed by atoms with van der Waals surface area (Å²) >= 11 is 0. The van der Waals surface area contributed by atoms with Crippen LogP contribution >= 0.6 is 7.82 Å². The molecule has 0 aliphatic carbocycles. The summed E-state index contributed by atoms with van der Waals surface area (Å²) in [6.45, 7) is 7.08. The molecular weight excluding hydrogens is 637 g/mol. The van der Waals surface area contributed by atoms with E-state index in [1.165, 1.54) is 161 Å². The standard InChI is InChI=1S/C35H73O6P.C5H14NO/c1-3-5-7-9-11-13-15-17-19-21-23-25-27-29-31-39-33-35(34-41-42(36,37)38)40-32-30-28-26-24-22-20-18-16-14-12-10-8-6-4-2;1-6(2,3)4-5-7/h35H,3-34H2,1-2H3,(H2,36,37,38);7H,4-5H2,1-3H3/q;+1/t35-;/m1./s1. The first-order valence-corrected chi connectivity index (χ1v) is 22.4. The number of aliphatic hydroxyl groups is 1. The van der Waals surface area contributed by atoms with Crippen LogP contribution in [0, 0.1) is 0 Å². The number of quaternary nitrogens is 1. The Morgan fingerprint density at radius 1 is 0.510 bits per heavy atom. The normalized spacial score (nSPS) is 12.7. The molecule has 0 amide bonds. The molecule has 8 nitrogen and oxygen atoms in total. The van der Waals surface area contributed by atoms with Crippen LogP contribution in [0.25, 0.3) is 0 Å². The average Bonchev–Trinajstić information content (AvgIpc) is 3.04. The summed E-state index contributed by atoms with van der Waals surface area (Å²) in [6.07, 6.45) is 36.5. The van der Waals surface area contributed by atoms with Gasteiger partial charge in [-0.05, 0) is 12.8 Å². The predicted molar refractivity (Wildman–Crippen MR) is 209 cm³/mol. The summed E-state index contributed by atoms with van der Waals surface area (Å²) in [7, 11) is 1.65. The number of hydrogen-bond donors (Lipinski definition) is 3. The Hall–Kier alpha value is -0.0500. The number of ether oxygens (including phenoxy) is 2. The summed E-state index contributed by atoms with van der Waals surface area (Å²) in [5.41, 5.74) is 0. The first-order chi connectivity index (χ1) is 23.6. The lowest BCUT2D eigenvalue weighted by Crippen LogP contribution is -2.36. The van der Waals surface area contributed by atoms with E-state index in [0.717, 1.165) is 30.3 Å². The topological polar surface area (TPSA) is 105 Å². The van der Waals surface area contributed by atoms with Crippen molar-refractivity contribution in [2.45, 2.75) is 200 Å². The van der Waals surface area contributed by atoms with Crippen LogP contribution in [0.4, 0.5) is 0 Å². The van der Waals surface area contributed by atoms with Gasteiger partial charge in [0.1, 0.15) is 12.6 Å². The van der Waals surface area contributed by atoms with E-state index in [2.05, 4.69) is 35.0 Å². The van der Waals surface area contributed by atoms with Crippen molar-refractivity contribution in [1.82, 2.24) is 0 Å². The number of unbranched alkanes of at least 4 members (excludes halogenated alkanes) is 26. The quantitative estimate of drug-likeness (QED) is 0.0331.